The van der Waals surface area contributed by atoms with Crippen LogP contribution < -0.4 is 10.6 Å². The maximum Gasteiger partial charge on any atom is 0.191 e. The van der Waals surface area contributed by atoms with Gasteiger partial charge in [-0.25, -0.2) is 8.42 Å². The van der Waals surface area contributed by atoms with Gasteiger partial charge in [-0.05, 0) is 23.5 Å². The highest BCUT2D eigenvalue weighted by Gasteiger charge is 2.04. The Morgan fingerprint density at radius 3 is 2.36 bits per heavy atom. The lowest BCUT2D eigenvalue weighted by molar-refractivity contribution is 0.108. The summed E-state index contributed by atoms with van der Waals surface area (Å²) in [5.41, 5.74) is 1.87. The van der Waals surface area contributed by atoms with Crippen molar-refractivity contribution in [3.8, 4) is 0 Å². The van der Waals surface area contributed by atoms with Gasteiger partial charge in [0.2, 0.25) is 0 Å². The Balaban J connectivity index is 2.30. The summed E-state index contributed by atoms with van der Waals surface area (Å²) in [4.78, 5) is 4.19. The molecule has 0 saturated carbocycles. The topological polar surface area (TPSA) is 79.8 Å². The van der Waals surface area contributed by atoms with E-state index in [2.05, 4.69) is 29.5 Å². The number of sulfone groups is 1. The molecule has 2 N–H and O–H groups in total. The highest BCUT2D eigenvalue weighted by molar-refractivity contribution is 7.89. The molecule has 0 aromatic heterocycles. The minimum absolute atomic E-state index is 0.0722. The summed E-state index contributed by atoms with van der Waals surface area (Å²) < 4.78 is 28.1. The molecule has 0 heterocycles. The number of hydrogen-bond acceptors (Lipinski definition) is 4. The molecule has 0 amide bonds. The van der Waals surface area contributed by atoms with E-state index in [4.69, 9.17) is 4.74 Å². The number of rotatable bonds is 10. The van der Waals surface area contributed by atoms with Crippen LogP contribution in [0.2, 0.25) is 0 Å². The molecule has 0 atom stereocenters. The van der Waals surface area contributed by atoms with Crippen LogP contribution in [0.4, 0.5) is 0 Å². The van der Waals surface area contributed by atoms with Crippen molar-refractivity contribution < 1.29 is 13.2 Å². The molecular weight excluding hydrogens is 338 g/mol. The van der Waals surface area contributed by atoms with Crippen molar-refractivity contribution in [3.05, 3.63) is 35.4 Å². The normalized spacial score (nSPS) is 12.4. The van der Waals surface area contributed by atoms with Crippen molar-refractivity contribution in [2.75, 3.05) is 33.1 Å². The molecule has 25 heavy (non-hydrogen) atoms. The zero-order valence-corrected chi connectivity index (χ0v) is 16.5. The van der Waals surface area contributed by atoms with Crippen molar-refractivity contribution >= 4 is 15.8 Å². The van der Waals surface area contributed by atoms with Crippen LogP contribution in [0.1, 0.15) is 31.4 Å². The fraction of sp³-hybridized carbons (Fsp3) is 0.611. The molecule has 7 heteroatoms. The fourth-order valence-corrected chi connectivity index (χ4v) is 2.96. The van der Waals surface area contributed by atoms with Crippen LogP contribution in [0, 0.1) is 5.92 Å². The van der Waals surface area contributed by atoms with Crippen LogP contribution in [0.5, 0.6) is 0 Å². The molecule has 0 aliphatic rings. The van der Waals surface area contributed by atoms with Crippen molar-refractivity contribution in [3.63, 3.8) is 0 Å². The summed E-state index contributed by atoms with van der Waals surface area (Å²) in [5.74, 6) is 1.37. The van der Waals surface area contributed by atoms with Crippen LogP contribution in [0.3, 0.4) is 0 Å². The Labute approximate surface area is 152 Å². The van der Waals surface area contributed by atoms with Crippen molar-refractivity contribution in [1.29, 1.82) is 0 Å². The lowest BCUT2D eigenvalue weighted by Gasteiger charge is -2.12. The van der Waals surface area contributed by atoms with Crippen LogP contribution in [0.25, 0.3) is 0 Å². The summed E-state index contributed by atoms with van der Waals surface area (Å²) in [7, 11) is -1.26. The molecule has 1 rings (SSSR count). The molecule has 1 aromatic carbocycles. The Morgan fingerprint density at radius 2 is 1.80 bits per heavy atom. The van der Waals surface area contributed by atoms with Gasteiger partial charge >= 0.3 is 0 Å². The molecule has 0 saturated heterocycles. The number of nitrogens with zero attached hydrogens (tertiary/aromatic N) is 1. The first-order valence-electron chi connectivity index (χ1n) is 8.58. The molecule has 0 fully saturated rings. The highest BCUT2D eigenvalue weighted by Crippen LogP contribution is 2.07. The largest absolute Gasteiger partial charge is 0.381 e. The molecule has 0 aliphatic carbocycles. The van der Waals surface area contributed by atoms with E-state index >= 15 is 0 Å². The maximum absolute atomic E-state index is 11.3. The summed E-state index contributed by atoms with van der Waals surface area (Å²) in [6.07, 6.45) is 2.17. The summed E-state index contributed by atoms with van der Waals surface area (Å²) in [5, 5.41) is 6.49. The average molecular weight is 370 g/mol. The molecular formula is C18H31N3O3S. The zero-order valence-electron chi connectivity index (χ0n) is 15.7. The van der Waals surface area contributed by atoms with Gasteiger partial charge in [0.1, 0.15) is 0 Å². The molecule has 142 valence electrons. The van der Waals surface area contributed by atoms with Gasteiger partial charge in [0, 0.05) is 39.6 Å². The second-order valence-corrected chi connectivity index (χ2v) is 8.70. The van der Waals surface area contributed by atoms with Gasteiger partial charge in [-0.3, -0.25) is 4.99 Å². The first-order chi connectivity index (χ1) is 11.8. The minimum Gasteiger partial charge on any atom is -0.381 e. The standard InChI is InChI=1S/C18H31N3O3S/c1-15(2)13-24-11-5-10-20-18(19-3)21-12-16-6-8-17(9-7-16)14-25(4,22)23/h6-9,15H,5,10-14H2,1-4H3,(H2,19,20,21). The number of hydrogen-bond donors (Lipinski definition) is 2. The lowest BCUT2D eigenvalue weighted by atomic mass is 10.1. The molecule has 0 unspecified atom stereocenters. The molecule has 0 spiro atoms. The SMILES string of the molecule is CN=C(NCCCOCC(C)C)NCc1ccc(CS(C)(=O)=O)cc1. The fourth-order valence-electron chi connectivity index (χ4n) is 2.16. The second kappa shape index (κ2) is 11.1. The average Bonchev–Trinajstić information content (AvgIpc) is 2.53. The molecule has 6 nitrogen and oxygen atoms in total. The number of guanidine groups is 1. The third kappa shape index (κ3) is 10.8. The van der Waals surface area contributed by atoms with Crippen LogP contribution in [-0.2, 0) is 26.9 Å². The number of aliphatic imine (C=N–C) groups is 1. The van der Waals surface area contributed by atoms with Gasteiger partial charge in [-0.2, -0.15) is 0 Å². The smallest absolute Gasteiger partial charge is 0.191 e. The third-order valence-electron chi connectivity index (χ3n) is 3.34. The Morgan fingerprint density at radius 1 is 1.16 bits per heavy atom. The van der Waals surface area contributed by atoms with Crippen molar-refractivity contribution in [2.24, 2.45) is 10.9 Å². The maximum atomic E-state index is 11.3. The van der Waals surface area contributed by atoms with E-state index in [0.717, 1.165) is 43.3 Å². The van der Waals surface area contributed by atoms with Gasteiger partial charge in [0.05, 0.1) is 5.75 Å². The lowest BCUT2D eigenvalue weighted by Crippen LogP contribution is -2.37. The highest BCUT2D eigenvalue weighted by atomic mass is 32.2. The Kier molecular flexibility index (Phi) is 9.52. The molecule has 0 radical (unpaired) electrons. The minimum atomic E-state index is -3.00. The van der Waals surface area contributed by atoms with Crippen molar-refractivity contribution in [1.82, 2.24) is 10.6 Å². The van der Waals surface area contributed by atoms with Crippen LogP contribution in [0.15, 0.2) is 29.3 Å². The monoisotopic (exact) mass is 369 g/mol. The quantitative estimate of drug-likeness (QED) is 0.374. The van der Waals surface area contributed by atoms with E-state index in [9.17, 15) is 8.42 Å². The van der Waals surface area contributed by atoms with Crippen LogP contribution >= 0.6 is 0 Å². The molecule has 0 bridgehead atoms. The Bertz CT molecular complexity index is 625. The van der Waals surface area contributed by atoms with Crippen LogP contribution in [-0.4, -0.2) is 47.4 Å². The van der Waals surface area contributed by atoms with Gasteiger partial charge in [0.25, 0.3) is 0 Å². The zero-order chi connectivity index (χ0) is 18.7. The van der Waals surface area contributed by atoms with Gasteiger partial charge in [0.15, 0.2) is 15.8 Å². The Hall–Kier alpha value is -1.60. The third-order valence-corrected chi connectivity index (χ3v) is 4.20. The summed E-state index contributed by atoms with van der Waals surface area (Å²) in [6.45, 7) is 7.23. The van der Waals surface area contributed by atoms with E-state index in [-0.39, 0.29) is 5.75 Å². The van der Waals surface area contributed by atoms with Gasteiger partial charge in [-0.1, -0.05) is 38.1 Å². The van der Waals surface area contributed by atoms with Gasteiger partial charge in [-0.15, -0.1) is 0 Å². The first-order valence-corrected chi connectivity index (χ1v) is 10.6. The molecule has 1 aromatic rings. The van der Waals surface area contributed by atoms with E-state index in [1.54, 1.807) is 7.05 Å². The van der Waals surface area contributed by atoms with E-state index in [1.165, 1.54) is 6.26 Å². The number of ether oxygens (including phenoxy) is 1. The summed E-state index contributed by atoms with van der Waals surface area (Å²) in [6, 6.07) is 7.56. The van der Waals surface area contributed by atoms with Gasteiger partial charge < -0.3 is 15.4 Å². The van der Waals surface area contributed by atoms with E-state index in [1.807, 2.05) is 24.3 Å². The van der Waals surface area contributed by atoms with Crippen molar-refractivity contribution in [2.45, 2.75) is 32.6 Å². The predicted octanol–water partition coefficient (Wildman–Crippen LogP) is 1.96. The van der Waals surface area contributed by atoms with E-state index in [0.29, 0.717) is 12.5 Å². The first kappa shape index (κ1) is 21.4. The van der Waals surface area contributed by atoms with E-state index < -0.39 is 9.84 Å². The predicted molar refractivity (Wildman–Crippen MR) is 103 cm³/mol. The number of benzene rings is 1. The number of nitrogens with one attached hydrogen (secondary N) is 2. The molecule has 0 aliphatic heterocycles. The second-order valence-electron chi connectivity index (χ2n) is 6.56. The summed E-state index contributed by atoms with van der Waals surface area (Å²) >= 11 is 0.